The molecule has 5 nitrogen and oxygen atoms in total. The molecular weight excluding hydrogens is 170 g/mol. The molecule has 0 aliphatic carbocycles. The molecule has 0 unspecified atom stereocenters. The number of hydrogen-bond donors (Lipinski definition) is 2. The van der Waals surface area contributed by atoms with E-state index in [4.69, 9.17) is 0 Å². The third kappa shape index (κ3) is 1.14. The van der Waals surface area contributed by atoms with Crippen LogP contribution in [-0.2, 0) is 0 Å². The van der Waals surface area contributed by atoms with E-state index in [1.807, 2.05) is 6.92 Å². The highest BCUT2D eigenvalue weighted by Crippen LogP contribution is 2.25. The Morgan fingerprint density at radius 1 is 1.15 bits per heavy atom. The third-order valence-electron chi connectivity index (χ3n) is 1.72. The van der Waals surface area contributed by atoms with Gasteiger partial charge >= 0.3 is 0 Å². The summed E-state index contributed by atoms with van der Waals surface area (Å²) >= 11 is 0. The van der Waals surface area contributed by atoms with E-state index in [9.17, 15) is 10.2 Å². The first-order valence-electron chi connectivity index (χ1n) is 3.69. The molecule has 13 heavy (non-hydrogen) atoms. The van der Waals surface area contributed by atoms with Gasteiger partial charge in [-0.05, 0) is 18.6 Å². The largest absolute Gasteiger partial charge is 0.492 e. The predicted molar refractivity (Wildman–Crippen MR) is 45.4 cm³/mol. The van der Waals surface area contributed by atoms with Crippen LogP contribution in [0.3, 0.4) is 0 Å². The normalized spacial score (nSPS) is 10.5. The van der Waals surface area contributed by atoms with Crippen LogP contribution in [0.25, 0.3) is 10.9 Å². The van der Waals surface area contributed by atoms with Crippen LogP contribution in [0.2, 0.25) is 0 Å². The quantitative estimate of drug-likeness (QED) is 0.620. The lowest BCUT2D eigenvalue weighted by molar-refractivity contribution is 0.423. The smallest absolute Gasteiger partial charge is 0.258 e. The molecule has 2 N–H and O–H groups in total. The van der Waals surface area contributed by atoms with E-state index in [0.717, 1.165) is 5.56 Å². The Hall–Kier alpha value is -1.91. The average Bonchev–Trinajstić information content (AvgIpc) is 2.12. The lowest BCUT2D eigenvalue weighted by Gasteiger charge is -2.00. The Morgan fingerprint density at radius 2 is 1.85 bits per heavy atom. The summed E-state index contributed by atoms with van der Waals surface area (Å²) in [6.07, 6.45) is 1.59. The molecule has 66 valence electrons. The van der Waals surface area contributed by atoms with Gasteiger partial charge in [-0.2, -0.15) is 0 Å². The molecule has 0 fully saturated rings. The van der Waals surface area contributed by atoms with Crippen LogP contribution in [0.15, 0.2) is 12.3 Å². The summed E-state index contributed by atoms with van der Waals surface area (Å²) < 4.78 is 0. The Kier molecular flexibility index (Phi) is 1.51. The van der Waals surface area contributed by atoms with Crippen molar-refractivity contribution in [3.05, 3.63) is 17.8 Å². The molecule has 0 bridgehead atoms. The van der Waals surface area contributed by atoms with Gasteiger partial charge in [-0.15, -0.1) is 10.2 Å². The zero-order valence-electron chi connectivity index (χ0n) is 6.89. The molecule has 0 aromatic carbocycles. The van der Waals surface area contributed by atoms with Crippen molar-refractivity contribution in [2.45, 2.75) is 6.92 Å². The van der Waals surface area contributed by atoms with E-state index in [1.54, 1.807) is 12.3 Å². The van der Waals surface area contributed by atoms with E-state index in [2.05, 4.69) is 15.2 Å². The second-order valence-corrected chi connectivity index (χ2v) is 2.76. The molecule has 0 aliphatic heterocycles. The van der Waals surface area contributed by atoms with E-state index in [-0.39, 0.29) is 17.3 Å². The van der Waals surface area contributed by atoms with Crippen molar-refractivity contribution in [2.24, 2.45) is 0 Å². The Balaban J connectivity index is 2.92. The monoisotopic (exact) mass is 177 g/mol. The lowest BCUT2D eigenvalue weighted by atomic mass is 10.2. The fourth-order valence-corrected chi connectivity index (χ4v) is 1.11. The fraction of sp³-hybridized carbons (Fsp3) is 0.125. The van der Waals surface area contributed by atoms with Crippen molar-refractivity contribution in [1.82, 2.24) is 15.2 Å². The van der Waals surface area contributed by atoms with Gasteiger partial charge in [0.05, 0.1) is 5.39 Å². The van der Waals surface area contributed by atoms with Gasteiger partial charge in [0.1, 0.15) is 5.52 Å². The molecule has 5 heteroatoms. The zero-order chi connectivity index (χ0) is 9.42. The molecule has 0 amide bonds. The fourth-order valence-electron chi connectivity index (χ4n) is 1.11. The zero-order valence-corrected chi connectivity index (χ0v) is 6.89. The second-order valence-electron chi connectivity index (χ2n) is 2.76. The topological polar surface area (TPSA) is 79.1 Å². The van der Waals surface area contributed by atoms with Crippen LogP contribution < -0.4 is 0 Å². The summed E-state index contributed by atoms with van der Waals surface area (Å²) in [6.45, 7) is 1.84. The number of fused-ring (bicyclic) bond motifs is 1. The maximum absolute atomic E-state index is 9.30. The van der Waals surface area contributed by atoms with Crippen LogP contribution in [0, 0.1) is 6.92 Å². The molecule has 2 rings (SSSR count). The van der Waals surface area contributed by atoms with Gasteiger partial charge in [0.15, 0.2) is 0 Å². The van der Waals surface area contributed by atoms with E-state index in [0.29, 0.717) is 5.39 Å². The molecule has 0 radical (unpaired) electrons. The van der Waals surface area contributed by atoms with Gasteiger partial charge in [-0.25, -0.2) is 0 Å². The Labute approximate surface area is 73.7 Å². The first-order chi connectivity index (χ1) is 6.18. The van der Waals surface area contributed by atoms with Crippen molar-refractivity contribution >= 4 is 10.9 Å². The Morgan fingerprint density at radius 3 is 2.62 bits per heavy atom. The molecule has 0 saturated heterocycles. The number of hydrogen-bond acceptors (Lipinski definition) is 5. The van der Waals surface area contributed by atoms with Crippen molar-refractivity contribution < 1.29 is 10.2 Å². The summed E-state index contributed by atoms with van der Waals surface area (Å²) in [5, 5.41) is 25.6. The minimum atomic E-state index is -0.271. The molecular formula is C8H7N3O2. The number of pyridine rings is 1. The van der Waals surface area contributed by atoms with E-state index < -0.39 is 0 Å². The van der Waals surface area contributed by atoms with Crippen molar-refractivity contribution in [1.29, 1.82) is 0 Å². The molecule has 2 aromatic rings. The molecule has 0 saturated carbocycles. The van der Waals surface area contributed by atoms with Crippen molar-refractivity contribution in [2.75, 3.05) is 0 Å². The van der Waals surface area contributed by atoms with Crippen molar-refractivity contribution in [3.63, 3.8) is 0 Å². The summed E-state index contributed by atoms with van der Waals surface area (Å²) in [5.41, 5.74) is 1.15. The van der Waals surface area contributed by atoms with Crippen LogP contribution in [0.5, 0.6) is 11.8 Å². The maximum atomic E-state index is 9.30. The van der Waals surface area contributed by atoms with Gasteiger partial charge < -0.3 is 10.2 Å². The summed E-state index contributed by atoms with van der Waals surface area (Å²) in [6, 6.07) is 1.69. The van der Waals surface area contributed by atoms with Crippen LogP contribution in [0.4, 0.5) is 0 Å². The highest BCUT2D eigenvalue weighted by molar-refractivity contribution is 5.86. The highest BCUT2D eigenvalue weighted by Gasteiger charge is 2.08. The number of nitrogens with zero attached hydrogens (tertiary/aromatic N) is 3. The van der Waals surface area contributed by atoms with Crippen LogP contribution in [-0.4, -0.2) is 25.4 Å². The molecule has 2 aromatic heterocycles. The standard InChI is InChI=1S/C8H7N3O2/c1-4-2-5-6(9-3-4)8(13)11-10-7(5)12/h2-3H,1H3,(H,10,12)(H,11,13). The summed E-state index contributed by atoms with van der Waals surface area (Å²) in [5.74, 6) is -0.489. The number of rotatable bonds is 0. The number of aromatic nitrogens is 3. The maximum Gasteiger partial charge on any atom is 0.258 e. The van der Waals surface area contributed by atoms with Gasteiger partial charge in [0.25, 0.3) is 5.88 Å². The minimum absolute atomic E-state index is 0.219. The SMILES string of the molecule is Cc1cnc2c(O)nnc(O)c2c1. The predicted octanol–water partition coefficient (Wildman–Crippen LogP) is 0.744. The lowest BCUT2D eigenvalue weighted by Crippen LogP contribution is -1.88. The van der Waals surface area contributed by atoms with Gasteiger partial charge in [-0.3, -0.25) is 4.98 Å². The Bertz CT molecular complexity index is 470. The summed E-state index contributed by atoms with van der Waals surface area (Å²) in [7, 11) is 0. The van der Waals surface area contributed by atoms with E-state index in [1.165, 1.54) is 0 Å². The first-order valence-corrected chi connectivity index (χ1v) is 3.69. The third-order valence-corrected chi connectivity index (χ3v) is 1.72. The van der Waals surface area contributed by atoms with Crippen LogP contribution in [0.1, 0.15) is 5.56 Å². The highest BCUT2D eigenvalue weighted by atomic mass is 16.3. The molecule has 0 atom stereocenters. The number of aryl methyl sites for hydroxylation is 1. The van der Waals surface area contributed by atoms with Gasteiger partial charge in [-0.1, -0.05) is 0 Å². The summed E-state index contributed by atoms with van der Waals surface area (Å²) in [4.78, 5) is 3.93. The van der Waals surface area contributed by atoms with Gasteiger partial charge in [0.2, 0.25) is 5.88 Å². The molecule has 0 spiro atoms. The molecule has 0 aliphatic rings. The van der Waals surface area contributed by atoms with Gasteiger partial charge in [0, 0.05) is 6.20 Å². The second kappa shape index (κ2) is 2.55. The number of aromatic hydroxyl groups is 2. The minimum Gasteiger partial charge on any atom is -0.492 e. The molecule has 2 heterocycles. The first kappa shape index (κ1) is 7.72. The van der Waals surface area contributed by atoms with Crippen molar-refractivity contribution in [3.8, 4) is 11.8 Å². The average molecular weight is 177 g/mol. The van der Waals surface area contributed by atoms with E-state index >= 15 is 0 Å². The van der Waals surface area contributed by atoms with Crippen LogP contribution >= 0.6 is 0 Å².